The first kappa shape index (κ1) is 28.7. The lowest BCUT2D eigenvalue weighted by molar-refractivity contribution is -0.160. The van der Waals surface area contributed by atoms with Crippen molar-refractivity contribution in [3.63, 3.8) is 0 Å². The summed E-state index contributed by atoms with van der Waals surface area (Å²) in [6.45, 7) is 9.69. The fourth-order valence-corrected chi connectivity index (χ4v) is 5.89. The minimum atomic E-state index is -1.28. The predicted molar refractivity (Wildman–Crippen MR) is 146 cm³/mol. The maximum Gasteiger partial charge on any atom is 0.337 e. The van der Waals surface area contributed by atoms with E-state index in [1.54, 1.807) is 31.7 Å². The Labute approximate surface area is 229 Å². The number of hydrogen-bond acceptors (Lipinski definition) is 4. The fourth-order valence-electron chi connectivity index (χ4n) is 5.89. The SMILES string of the molecule is Cc1c2c(c(C)c([C@H](OC(C)(C)C)C(=O)O)c1CC(=O)NC1CCCCC1)CN(C(=O)c1cccc(F)c1)C2. The third-order valence-electron chi connectivity index (χ3n) is 7.77. The Morgan fingerprint density at radius 2 is 1.72 bits per heavy atom. The van der Waals surface area contributed by atoms with Gasteiger partial charge in [0.15, 0.2) is 6.10 Å². The number of hydrogen-bond donors (Lipinski definition) is 2. The zero-order valence-electron chi connectivity index (χ0n) is 23.5. The fraction of sp³-hybridized carbons (Fsp3) is 0.516. The highest BCUT2D eigenvalue weighted by Crippen LogP contribution is 2.40. The standard InChI is InChI=1S/C31H39FN2O5/c1-18-23(15-26(35)33-22-12-7-6-8-13-22)27(28(30(37)38)39-31(3,4)5)19(2)25-17-34(16-24(18)25)29(36)20-10-9-11-21(32)14-20/h9-11,14,22,28H,6-8,12-13,15-17H2,1-5H3,(H,33,35)(H,37,38)/t28-/m0/s1. The largest absolute Gasteiger partial charge is 0.479 e. The number of halogens is 1. The van der Waals surface area contributed by atoms with Gasteiger partial charge in [0.25, 0.3) is 5.91 Å². The number of nitrogens with one attached hydrogen (secondary N) is 1. The molecule has 0 bridgehead atoms. The Hall–Kier alpha value is -3.26. The molecule has 2 aromatic carbocycles. The monoisotopic (exact) mass is 538 g/mol. The van der Waals surface area contributed by atoms with Crippen molar-refractivity contribution in [1.82, 2.24) is 10.2 Å². The number of carboxylic acids is 1. The lowest BCUT2D eigenvalue weighted by Gasteiger charge is -2.30. The summed E-state index contributed by atoms with van der Waals surface area (Å²) < 4.78 is 19.9. The second-order valence-electron chi connectivity index (χ2n) is 11.8. The molecule has 1 heterocycles. The number of carbonyl (C=O) groups excluding carboxylic acids is 2. The van der Waals surface area contributed by atoms with Gasteiger partial charge in [0.2, 0.25) is 5.91 Å². The summed E-state index contributed by atoms with van der Waals surface area (Å²) in [4.78, 5) is 40.7. The zero-order valence-corrected chi connectivity index (χ0v) is 23.5. The minimum Gasteiger partial charge on any atom is -0.479 e. The molecule has 210 valence electrons. The molecule has 0 saturated heterocycles. The van der Waals surface area contributed by atoms with Crippen LogP contribution in [0.3, 0.4) is 0 Å². The Bertz CT molecular complexity index is 1280. The normalized spacial score (nSPS) is 16.6. The Morgan fingerprint density at radius 3 is 2.31 bits per heavy atom. The second kappa shape index (κ2) is 11.5. The highest BCUT2D eigenvalue weighted by molar-refractivity contribution is 5.94. The van der Waals surface area contributed by atoms with Gasteiger partial charge in [0.1, 0.15) is 5.82 Å². The molecular formula is C31H39FN2O5. The van der Waals surface area contributed by atoms with Crippen molar-refractivity contribution in [2.45, 2.75) is 104 Å². The number of benzene rings is 2. The van der Waals surface area contributed by atoms with E-state index in [4.69, 9.17) is 4.74 Å². The van der Waals surface area contributed by atoms with Crippen LogP contribution in [0.25, 0.3) is 0 Å². The molecule has 8 heteroatoms. The van der Waals surface area contributed by atoms with Crippen molar-refractivity contribution in [3.05, 3.63) is 69.0 Å². The van der Waals surface area contributed by atoms with Crippen molar-refractivity contribution in [2.24, 2.45) is 0 Å². The summed E-state index contributed by atoms with van der Waals surface area (Å²) >= 11 is 0. The third kappa shape index (κ3) is 6.49. The average molecular weight is 539 g/mol. The molecule has 1 atom stereocenters. The quantitative estimate of drug-likeness (QED) is 0.483. The van der Waals surface area contributed by atoms with Crippen molar-refractivity contribution >= 4 is 17.8 Å². The maximum atomic E-state index is 13.8. The van der Waals surface area contributed by atoms with Gasteiger partial charge in [-0.3, -0.25) is 9.59 Å². The van der Waals surface area contributed by atoms with Crippen LogP contribution in [0, 0.1) is 19.7 Å². The summed E-state index contributed by atoms with van der Waals surface area (Å²) in [7, 11) is 0. The van der Waals surface area contributed by atoms with Gasteiger partial charge in [0, 0.05) is 24.7 Å². The number of fused-ring (bicyclic) bond motifs is 1. The molecule has 0 spiro atoms. The van der Waals surface area contributed by atoms with Gasteiger partial charge < -0.3 is 20.1 Å². The molecule has 1 aliphatic carbocycles. The molecule has 1 aliphatic heterocycles. The van der Waals surface area contributed by atoms with E-state index >= 15 is 0 Å². The first-order valence-electron chi connectivity index (χ1n) is 13.7. The molecule has 0 unspecified atom stereocenters. The van der Waals surface area contributed by atoms with E-state index in [2.05, 4.69) is 5.32 Å². The van der Waals surface area contributed by atoms with E-state index in [-0.39, 0.29) is 36.4 Å². The van der Waals surface area contributed by atoms with Gasteiger partial charge in [0.05, 0.1) is 12.0 Å². The molecule has 2 aliphatic rings. The molecule has 0 aromatic heterocycles. The molecule has 1 saturated carbocycles. The van der Waals surface area contributed by atoms with Gasteiger partial charge in [-0.1, -0.05) is 25.3 Å². The first-order chi connectivity index (χ1) is 18.4. The highest BCUT2D eigenvalue weighted by Gasteiger charge is 2.36. The van der Waals surface area contributed by atoms with Crippen LogP contribution in [-0.2, 0) is 33.8 Å². The van der Waals surface area contributed by atoms with Gasteiger partial charge in [-0.05, 0) is 99.0 Å². The Kier molecular flexibility index (Phi) is 8.45. The van der Waals surface area contributed by atoms with Crippen molar-refractivity contribution in [1.29, 1.82) is 0 Å². The van der Waals surface area contributed by atoms with Crippen molar-refractivity contribution in [2.75, 3.05) is 0 Å². The Morgan fingerprint density at radius 1 is 1.08 bits per heavy atom. The first-order valence-corrected chi connectivity index (χ1v) is 13.7. The van der Waals surface area contributed by atoms with Crippen LogP contribution >= 0.6 is 0 Å². The van der Waals surface area contributed by atoms with Crippen LogP contribution < -0.4 is 5.32 Å². The number of carboxylic acid groups (broad SMARTS) is 1. The van der Waals surface area contributed by atoms with Crippen molar-refractivity contribution < 1.29 is 28.6 Å². The molecule has 2 amide bonds. The lowest BCUT2D eigenvalue weighted by atomic mass is 9.84. The number of ether oxygens (including phenoxy) is 1. The van der Waals surface area contributed by atoms with Gasteiger partial charge in [-0.2, -0.15) is 0 Å². The van der Waals surface area contributed by atoms with Gasteiger partial charge >= 0.3 is 5.97 Å². The molecular weight excluding hydrogens is 499 g/mol. The predicted octanol–water partition coefficient (Wildman–Crippen LogP) is 5.53. The van der Waals surface area contributed by atoms with Crippen LogP contribution in [-0.4, -0.2) is 39.4 Å². The summed E-state index contributed by atoms with van der Waals surface area (Å²) in [6.07, 6.45) is 3.99. The number of nitrogens with zero attached hydrogens (tertiary/aromatic N) is 1. The van der Waals surface area contributed by atoms with E-state index in [9.17, 15) is 23.9 Å². The van der Waals surface area contributed by atoms with Crippen LogP contribution in [0.5, 0.6) is 0 Å². The molecule has 4 rings (SSSR count). The number of carbonyl (C=O) groups is 3. The molecule has 7 nitrogen and oxygen atoms in total. The van der Waals surface area contributed by atoms with Crippen LogP contribution in [0.2, 0.25) is 0 Å². The van der Waals surface area contributed by atoms with Crippen LogP contribution in [0.4, 0.5) is 4.39 Å². The van der Waals surface area contributed by atoms with E-state index in [1.165, 1.54) is 24.6 Å². The van der Waals surface area contributed by atoms with E-state index in [1.807, 2.05) is 13.8 Å². The summed E-state index contributed by atoms with van der Waals surface area (Å²) in [5.41, 5.74) is 3.89. The molecule has 2 aromatic rings. The van der Waals surface area contributed by atoms with Crippen molar-refractivity contribution in [3.8, 4) is 0 Å². The average Bonchev–Trinajstić information content (AvgIpc) is 3.32. The molecule has 39 heavy (non-hydrogen) atoms. The third-order valence-corrected chi connectivity index (χ3v) is 7.77. The van der Waals surface area contributed by atoms with E-state index < -0.39 is 23.5 Å². The van der Waals surface area contributed by atoms with Gasteiger partial charge in [-0.25, -0.2) is 9.18 Å². The Balaban J connectivity index is 1.75. The van der Waals surface area contributed by atoms with E-state index in [0.717, 1.165) is 42.4 Å². The molecule has 2 N–H and O–H groups in total. The second-order valence-corrected chi connectivity index (χ2v) is 11.8. The summed E-state index contributed by atoms with van der Waals surface area (Å²) in [6, 6.07) is 5.73. The summed E-state index contributed by atoms with van der Waals surface area (Å²) in [5.74, 6) is -2.06. The summed E-state index contributed by atoms with van der Waals surface area (Å²) in [5, 5.41) is 13.4. The van der Waals surface area contributed by atoms with E-state index in [0.29, 0.717) is 23.2 Å². The smallest absolute Gasteiger partial charge is 0.337 e. The maximum absolute atomic E-state index is 13.8. The molecule has 0 radical (unpaired) electrons. The molecule has 1 fully saturated rings. The zero-order chi connectivity index (χ0) is 28.5. The topological polar surface area (TPSA) is 95.9 Å². The number of rotatable bonds is 7. The number of amides is 2. The number of aliphatic carboxylic acids is 1. The minimum absolute atomic E-state index is 0.0287. The lowest BCUT2D eigenvalue weighted by Crippen LogP contribution is -2.37. The van der Waals surface area contributed by atoms with Crippen LogP contribution in [0.1, 0.15) is 103 Å². The van der Waals surface area contributed by atoms with Crippen LogP contribution in [0.15, 0.2) is 24.3 Å². The van der Waals surface area contributed by atoms with Gasteiger partial charge in [-0.15, -0.1) is 0 Å². The highest BCUT2D eigenvalue weighted by atomic mass is 19.1.